The topological polar surface area (TPSA) is 91.8 Å². The molecule has 0 spiro atoms. The van der Waals surface area contributed by atoms with E-state index in [4.69, 9.17) is 0 Å². The van der Waals surface area contributed by atoms with Gasteiger partial charge in [-0.1, -0.05) is 36.4 Å². The normalized spacial score (nSPS) is 11.5. The number of aryl methyl sites for hydroxylation is 1. The van der Waals surface area contributed by atoms with Gasteiger partial charge in [0.1, 0.15) is 0 Å². The minimum Gasteiger partial charge on any atom is -0.361 e. The molecule has 2 aromatic heterocycles. The van der Waals surface area contributed by atoms with Gasteiger partial charge in [0.05, 0.1) is 23.9 Å². The minimum absolute atomic E-state index is 0.0705. The van der Waals surface area contributed by atoms with Crippen LogP contribution in [-0.4, -0.2) is 26.6 Å². The lowest BCUT2D eigenvalue weighted by Gasteiger charge is -2.14. The molecule has 0 aliphatic rings. The SMILES string of the molecule is Cc1ccccc1-n1ncc(C(=O)NNC(=O)Cc2c[nH]c3ccccc23)c1C(F)(F)F. The fourth-order valence-electron chi connectivity index (χ4n) is 3.46. The average Bonchev–Trinajstić information content (AvgIpc) is 3.37. The van der Waals surface area contributed by atoms with Gasteiger partial charge >= 0.3 is 6.18 Å². The van der Waals surface area contributed by atoms with Crippen LogP contribution in [-0.2, 0) is 17.4 Å². The number of fused-ring (bicyclic) bond motifs is 1. The van der Waals surface area contributed by atoms with Crippen LogP contribution in [0.3, 0.4) is 0 Å². The predicted molar refractivity (Wildman–Crippen MR) is 111 cm³/mol. The third-order valence-electron chi connectivity index (χ3n) is 4.97. The zero-order valence-electron chi connectivity index (χ0n) is 16.8. The van der Waals surface area contributed by atoms with Gasteiger partial charge in [-0.05, 0) is 30.2 Å². The fraction of sp³-hybridized carbons (Fsp3) is 0.136. The van der Waals surface area contributed by atoms with Crippen molar-refractivity contribution in [2.45, 2.75) is 19.5 Å². The second-order valence-electron chi connectivity index (χ2n) is 7.14. The molecule has 0 fully saturated rings. The van der Waals surface area contributed by atoms with Crippen molar-refractivity contribution in [2.24, 2.45) is 0 Å². The van der Waals surface area contributed by atoms with Gasteiger partial charge in [0.25, 0.3) is 5.91 Å². The van der Waals surface area contributed by atoms with Crippen molar-refractivity contribution in [3.8, 4) is 5.69 Å². The molecule has 7 nitrogen and oxygen atoms in total. The molecule has 32 heavy (non-hydrogen) atoms. The lowest BCUT2D eigenvalue weighted by molar-refractivity contribution is -0.143. The molecule has 2 heterocycles. The maximum Gasteiger partial charge on any atom is 0.434 e. The van der Waals surface area contributed by atoms with Crippen molar-refractivity contribution in [3.63, 3.8) is 0 Å². The number of hydrazine groups is 1. The van der Waals surface area contributed by atoms with Crippen molar-refractivity contribution in [2.75, 3.05) is 0 Å². The van der Waals surface area contributed by atoms with E-state index < -0.39 is 29.2 Å². The number of hydrogen-bond acceptors (Lipinski definition) is 3. The van der Waals surface area contributed by atoms with Crippen LogP contribution in [0.5, 0.6) is 0 Å². The van der Waals surface area contributed by atoms with Gasteiger partial charge in [0, 0.05) is 17.1 Å². The first-order chi connectivity index (χ1) is 15.3. The van der Waals surface area contributed by atoms with E-state index in [0.29, 0.717) is 15.8 Å². The molecule has 0 saturated carbocycles. The zero-order valence-corrected chi connectivity index (χ0v) is 16.8. The van der Waals surface area contributed by atoms with Gasteiger partial charge in [0.2, 0.25) is 5.91 Å². The predicted octanol–water partition coefficient (Wildman–Crippen LogP) is 3.68. The number of benzene rings is 2. The summed E-state index contributed by atoms with van der Waals surface area (Å²) < 4.78 is 42.0. The summed E-state index contributed by atoms with van der Waals surface area (Å²) in [6.07, 6.45) is -2.42. The van der Waals surface area contributed by atoms with Crippen LogP contribution >= 0.6 is 0 Å². The van der Waals surface area contributed by atoms with E-state index in [1.165, 1.54) is 6.07 Å². The molecular formula is C22H18F3N5O2. The number of para-hydroxylation sites is 2. The Morgan fingerprint density at radius 2 is 1.78 bits per heavy atom. The summed E-state index contributed by atoms with van der Waals surface area (Å²) in [4.78, 5) is 27.8. The van der Waals surface area contributed by atoms with Gasteiger partial charge in [-0.3, -0.25) is 20.4 Å². The zero-order chi connectivity index (χ0) is 22.9. The summed E-state index contributed by atoms with van der Waals surface area (Å²) in [7, 11) is 0. The van der Waals surface area contributed by atoms with E-state index >= 15 is 0 Å². The van der Waals surface area contributed by atoms with E-state index in [9.17, 15) is 22.8 Å². The first kappa shape index (κ1) is 21.2. The highest BCUT2D eigenvalue weighted by Crippen LogP contribution is 2.34. The van der Waals surface area contributed by atoms with Gasteiger partial charge in [-0.15, -0.1) is 0 Å². The summed E-state index contributed by atoms with van der Waals surface area (Å²) >= 11 is 0. The first-order valence-corrected chi connectivity index (χ1v) is 9.61. The fourth-order valence-corrected chi connectivity index (χ4v) is 3.46. The molecule has 4 aromatic rings. The minimum atomic E-state index is -4.85. The highest BCUT2D eigenvalue weighted by atomic mass is 19.4. The highest BCUT2D eigenvalue weighted by Gasteiger charge is 2.40. The molecular weight excluding hydrogens is 423 g/mol. The van der Waals surface area contributed by atoms with Crippen molar-refractivity contribution in [1.82, 2.24) is 25.6 Å². The summed E-state index contributed by atoms with van der Waals surface area (Å²) in [5.41, 5.74) is 4.58. The molecule has 164 valence electrons. The smallest absolute Gasteiger partial charge is 0.361 e. The number of carbonyl (C=O) groups is 2. The molecule has 10 heteroatoms. The van der Waals surface area contributed by atoms with E-state index in [1.54, 1.807) is 31.3 Å². The molecule has 0 aliphatic carbocycles. The molecule has 0 bridgehead atoms. The van der Waals surface area contributed by atoms with Crippen LogP contribution in [0.25, 0.3) is 16.6 Å². The van der Waals surface area contributed by atoms with E-state index in [0.717, 1.165) is 17.1 Å². The second-order valence-corrected chi connectivity index (χ2v) is 7.14. The molecule has 3 N–H and O–H groups in total. The quantitative estimate of drug-likeness (QED) is 0.422. The van der Waals surface area contributed by atoms with Crippen LogP contribution in [0.4, 0.5) is 13.2 Å². The third-order valence-corrected chi connectivity index (χ3v) is 4.97. The molecule has 0 aliphatic heterocycles. The highest BCUT2D eigenvalue weighted by molar-refractivity contribution is 5.97. The number of rotatable bonds is 4. The molecule has 0 saturated heterocycles. The van der Waals surface area contributed by atoms with Crippen molar-refractivity contribution >= 4 is 22.7 Å². The number of aromatic amines is 1. The summed E-state index contributed by atoms with van der Waals surface area (Å²) in [5.74, 6) is -1.70. The lowest BCUT2D eigenvalue weighted by atomic mass is 10.1. The van der Waals surface area contributed by atoms with E-state index in [1.807, 2.05) is 29.7 Å². The van der Waals surface area contributed by atoms with E-state index in [2.05, 4.69) is 15.5 Å². The number of alkyl halides is 3. The number of halogens is 3. The molecule has 0 atom stereocenters. The van der Waals surface area contributed by atoms with Crippen LogP contribution in [0.1, 0.15) is 27.2 Å². The first-order valence-electron chi connectivity index (χ1n) is 9.61. The Labute approximate surface area is 180 Å². The standard InChI is InChI=1S/C22H18F3N5O2/c1-13-6-2-5-9-18(13)30-20(22(23,24)25)16(12-27-30)21(32)29-28-19(31)10-14-11-26-17-8-4-3-7-15(14)17/h2-9,11-12,26H,10H2,1H3,(H,28,31)(H,29,32). The summed E-state index contributed by atoms with van der Waals surface area (Å²) in [5, 5.41) is 4.62. The number of hydrogen-bond donors (Lipinski definition) is 3. The number of nitrogens with one attached hydrogen (secondary N) is 3. The Bertz CT molecular complexity index is 1310. The van der Waals surface area contributed by atoms with Gasteiger partial charge in [-0.25, -0.2) is 4.68 Å². The van der Waals surface area contributed by atoms with Crippen molar-refractivity contribution < 1.29 is 22.8 Å². The van der Waals surface area contributed by atoms with Crippen LogP contribution in [0.15, 0.2) is 60.9 Å². The van der Waals surface area contributed by atoms with Crippen molar-refractivity contribution in [1.29, 1.82) is 0 Å². The van der Waals surface area contributed by atoms with Crippen molar-refractivity contribution in [3.05, 3.63) is 83.3 Å². The molecule has 0 radical (unpaired) electrons. The maximum absolute atomic E-state index is 13.8. The van der Waals surface area contributed by atoms with Gasteiger partial charge < -0.3 is 4.98 Å². The second kappa shape index (κ2) is 8.22. The number of aromatic nitrogens is 3. The Morgan fingerprint density at radius 1 is 1.06 bits per heavy atom. The van der Waals surface area contributed by atoms with Gasteiger partial charge in [-0.2, -0.15) is 18.3 Å². The number of amides is 2. The van der Waals surface area contributed by atoms with Crippen LogP contribution in [0, 0.1) is 6.92 Å². The van der Waals surface area contributed by atoms with Crippen LogP contribution < -0.4 is 10.9 Å². The Balaban J connectivity index is 1.52. The Hall–Kier alpha value is -4.08. The lowest BCUT2D eigenvalue weighted by Crippen LogP contribution is -2.42. The third kappa shape index (κ3) is 4.07. The summed E-state index contributed by atoms with van der Waals surface area (Å²) in [6.45, 7) is 1.64. The number of carbonyl (C=O) groups excluding carboxylic acids is 2. The molecule has 0 unspecified atom stereocenters. The number of nitrogens with zero attached hydrogens (tertiary/aromatic N) is 2. The van der Waals surface area contributed by atoms with Crippen LogP contribution in [0.2, 0.25) is 0 Å². The largest absolute Gasteiger partial charge is 0.434 e. The Kier molecular flexibility index (Phi) is 5.43. The molecule has 2 aromatic carbocycles. The average molecular weight is 441 g/mol. The molecule has 2 amide bonds. The molecule has 4 rings (SSSR count). The monoisotopic (exact) mass is 441 g/mol. The van der Waals surface area contributed by atoms with Gasteiger partial charge in [0.15, 0.2) is 5.69 Å². The summed E-state index contributed by atoms with van der Waals surface area (Å²) in [6, 6.07) is 13.7. The maximum atomic E-state index is 13.8. The van der Waals surface area contributed by atoms with E-state index in [-0.39, 0.29) is 12.1 Å². The Morgan fingerprint density at radius 3 is 2.53 bits per heavy atom. The number of H-pyrrole nitrogens is 1.